The van der Waals surface area contributed by atoms with Crippen LogP contribution in [-0.4, -0.2) is 9.55 Å². The SMILES string of the molecule is CC(C)c1nc(Cl)cn1C. The van der Waals surface area contributed by atoms with E-state index < -0.39 is 0 Å². The molecule has 56 valence electrons. The normalized spacial score (nSPS) is 10.9. The van der Waals surface area contributed by atoms with Crippen LogP contribution in [0.2, 0.25) is 5.15 Å². The van der Waals surface area contributed by atoms with Crippen molar-refractivity contribution in [3.8, 4) is 0 Å². The Hall–Kier alpha value is -0.500. The summed E-state index contributed by atoms with van der Waals surface area (Å²) in [5.41, 5.74) is 0. The predicted octanol–water partition coefficient (Wildman–Crippen LogP) is 2.20. The van der Waals surface area contributed by atoms with E-state index in [-0.39, 0.29) is 0 Å². The molecule has 0 atom stereocenters. The molecule has 0 fully saturated rings. The largest absolute Gasteiger partial charge is 0.336 e. The molecule has 0 saturated carbocycles. The van der Waals surface area contributed by atoms with Crippen LogP contribution in [0.1, 0.15) is 25.6 Å². The second-order valence-electron chi connectivity index (χ2n) is 2.69. The highest BCUT2D eigenvalue weighted by molar-refractivity contribution is 6.29. The van der Waals surface area contributed by atoms with Gasteiger partial charge in [0.25, 0.3) is 0 Å². The molecule has 0 radical (unpaired) electrons. The van der Waals surface area contributed by atoms with Crippen molar-refractivity contribution in [3.63, 3.8) is 0 Å². The summed E-state index contributed by atoms with van der Waals surface area (Å²) in [6.45, 7) is 4.19. The number of nitrogens with zero attached hydrogens (tertiary/aromatic N) is 2. The third-order valence-electron chi connectivity index (χ3n) is 1.40. The van der Waals surface area contributed by atoms with Crippen LogP contribution >= 0.6 is 11.6 Å². The van der Waals surface area contributed by atoms with Crippen molar-refractivity contribution in [2.45, 2.75) is 19.8 Å². The number of hydrogen-bond acceptors (Lipinski definition) is 1. The van der Waals surface area contributed by atoms with Crippen LogP contribution in [0.5, 0.6) is 0 Å². The van der Waals surface area contributed by atoms with Gasteiger partial charge in [-0.15, -0.1) is 0 Å². The third-order valence-corrected chi connectivity index (χ3v) is 1.58. The number of halogens is 1. The number of rotatable bonds is 1. The Labute approximate surface area is 65.8 Å². The molecule has 0 bridgehead atoms. The molecule has 0 aliphatic heterocycles. The lowest BCUT2D eigenvalue weighted by Crippen LogP contribution is -1.98. The highest BCUT2D eigenvalue weighted by atomic mass is 35.5. The van der Waals surface area contributed by atoms with Gasteiger partial charge in [0.15, 0.2) is 0 Å². The summed E-state index contributed by atoms with van der Waals surface area (Å²) < 4.78 is 1.95. The second-order valence-corrected chi connectivity index (χ2v) is 3.07. The maximum absolute atomic E-state index is 5.68. The molecule has 0 aliphatic rings. The highest BCUT2D eigenvalue weighted by Gasteiger charge is 2.06. The van der Waals surface area contributed by atoms with Crippen LogP contribution < -0.4 is 0 Å². The molecular weight excluding hydrogens is 148 g/mol. The van der Waals surface area contributed by atoms with Crippen molar-refractivity contribution in [3.05, 3.63) is 17.2 Å². The molecule has 0 N–H and O–H groups in total. The Kier molecular flexibility index (Phi) is 2.00. The van der Waals surface area contributed by atoms with E-state index in [1.807, 2.05) is 17.8 Å². The summed E-state index contributed by atoms with van der Waals surface area (Å²) in [5.74, 6) is 1.47. The number of hydrogen-bond donors (Lipinski definition) is 0. The van der Waals surface area contributed by atoms with Crippen LogP contribution in [0.3, 0.4) is 0 Å². The number of aryl methyl sites for hydroxylation is 1. The highest BCUT2D eigenvalue weighted by Crippen LogP contribution is 2.14. The fraction of sp³-hybridized carbons (Fsp3) is 0.571. The Morgan fingerprint density at radius 3 is 2.40 bits per heavy atom. The summed E-state index contributed by atoms with van der Waals surface area (Å²) in [5, 5.41) is 0.575. The predicted molar refractivity (Wildman–Crippen MR) is 42.3 cm³/mol. The average molecular weight is 159 g/mol. The van der Waals surface area contributed by atoms with E-state index in [0.717, 1.165) is 5.82 Å². The molecule has 0 aromatic carbocycles. The van der Waals surface area contributed by atoms with Crippen LogP contribution in [0.15, 0.2) is 6.20 Å². The van der Waals surface area contributed by atoms with E-state index in [1.54, 1.807) is 0 Å². The zero-order chi connectivity index (χ0) is 7.72. The van der Waals surface area contributed by atoms with Gasteiger partial charge < -0.3 is 4.57 Å². The molecule has 1 aromatic rings. The Morgan fingerprint density at radius 1 is 1.60 bits per heavy atom. The van der Waals surface area contributed by atoms with Gasteiger partial charge in [-0.25, -0.2) is 4.98 Å². The van der Waals surface area contributed by atoms with Crippen molar-refractivity contribution in [2.24, 2.45) is 7.05 Å². The van der Waals surface area contributed by atoms with Gasteiger partial charge in [0, 0.05) is 19.2 Å². The molecular formula is C7H11ClN2. The first-order chi connectivity index (χ1) is 4.61. The molecule has 0 amide bonds. The third kappa shape index (κ3) is 1.32. The lowest BCUT2D eigenvalue weighted by atomic mass is 10.2. The monoisotopic (exact) mass is 158 g/mol. The summed E-state index contributed by atoms with van der Waals surface area (Å²) >= 11 is 5.68. The molecule has 0 aliphatic carbocycles. The molecule has 1 aromatic heterocycles. The van der Waals surface area contributed by atoms with Gasteiger partial charge in [-0.2, -0.15) is 0 Å². The topological polar surface area (TPSA) is 17.8 Å². The van der Waals surface area contributed by atoms with E-state index in [0.29, 0.717) is 11.1 Å². The molecule has 3 heteroatoms. The lowest BCUT2D eigenvalue weighted by molar-refractivity contribution is 0.711. The molecule has 0 unspecified atom stereocenters. The summed E-state index contributed by atoms with van der Waals surface area (Å²) in [6.07, 6.45) is 1.82. The Bertz CT molecular complexity index is 228. The molecule has 10 heavy (non-hydrogen) atoms. The number of aromatic nitrogens is 2. The minimum absolute atomic E-state index is 0.442. The minimum Gasteiger partial charge on any atom is -0.336 e. The summed E-state index contributed by atoms with van der Waals surface area (Å²) in [6, 6.07) is 0. The van der Waals surface area contributed by atoms with Crippen molar-refractivity contribution < 1.29 is 0 Å². The quantitative estimate of drug-likeness (QED) is 0.613. The van der Waals surface area contributed by atoms with Crippen LogP contribution in [0.25, 0.3) is 0 Å². The molecule has 0 spiro atoms. The van der Waals surface area contributed by atoms with Crippen molar-refractivity contribution in [1.29, 1.82) is 0 Å². The lowest BCUT2D eigenvalue weighted by Gasteiger charge is -2.02. The van der Waals surface area contributed by atoms with E-state index in [2.05, 4.69) is 18.8 Å². The van der Waals surface area contributed by atoms with Gasteiger partial charge in [0.2, 0.25) is 0 Å². The Morgan fingerprint density at radius 2 is 2.20 bits per heavy atom. The first kappa shape index (κ1) is 7.61. The van der Waals surface area contributed by atoms with Crippen LogP contribution in [0, 0.1) is 0 Å². The van der Waals surface area contributed by atoms with Gasteiger partial charge in [0.05, 0.1) is 0 Å². The first-order valence-electron chi connectivity index (χ1n) is 3.30. The average Bonchev–Trinajstić information content (AvgIpc) is 2.10. The number of imidazole rings is 1. The molecule has 0 saturated heterocycles. The van der Waals surface area contributed by atoms with E-state index >= 15 is 0 Å². The minimum atomic E-state index is 0.442. The van der Waals surface area contributed by atoms with Crippen LogP contribution in [-0.2, 0) is 7.05 Å². The molecule has 2 nitrogen and oxygen atoms in total. The van der Waals surface area contributed by atoms with Gasteiger partial charge in [-0.3, -0.25) is 0 Å². The Balaban J connectivity index is 3.03. The smallest absolute Gasteiger partial charge is 0.147 e. The van der Waals surface area contributed by atoms with E-state index in [4.69, 9.17) is 11.6 Å². The summed E-state index contributed by atoms with van der Waals surface area (Å²) in [4.78, 5) is 4.14. The molecule has 1 heterocycles. The van der Waals surface area contributed by atoms with Gasteiger partial charge in [-0.05, 0) is 0 Å². The van der Waals surface area contributed by atoms with Gasteiger partial charge in [0.1, 0.15) is 11.0 Å². The van der Waals surface area contributed by atoms with Crippen molar-refractivity contribution >= 4 is 11.6 Å². The zero-order valence-corrected chi connectivity index (χ0v) is 7.18. The van der Waals surface area contributed by atoms with Crippen molar-refractivity contribution in [2.75, 3.05) is 0 Å². The molecule has 1 rings (SSSR count). The van der Waals surface area contributed by atoms with Gasteiger partial charge in [-0.1, -0.05) is 25.4 Å². The fourth-order valence-electron chi connectivity index (χ4n) is 0.979. The fourth-order valence-corrected chi connectivity index (χ4v) is 1.21. The maximum Gasteiger partial charge on any atom is 0.147 e. The zero-order valence-electron chi connectivity index (χ0n) is 6.43. The van der Waals surface area contributed by atoms with E-state index in [1.165, 1.54) is 0 Å². The van der Waals surface area contributed by atoms with E-state index in [9.17, 15) is 0 Å². The van der Waals surface area contributed by atoms with Crippen LogP contribution in [0.4, 0.5) is 0 Å². The standard InChI is InChI=1S/C7H11ClN2/c1-5(2)7-9-6(8)4-10(7)3/h4-5H,1-3H3. The first-order valence-corrected chi connectivity index (χ1v) is 3.68. The maximum atomic E-state index is 5.68. The van der Waals surface area contributed by atoms with Crippen molar-refractivity contribution in [1.82, 2.24) is 9.55 Å². The second kappa shape index (κ2) is 2.62. The summed E-state index contributed by atoms with van der Waals surface area (Å²) in [7, 11) is 1.95. The van der Waals surface area contributed by atoms with Gasteiger partial charge >= 0.3 is 0 Å².